The van der Waals surface area contributed by atoms with E-state index in [1.807, 2.05) is 0 Å². The Morgan fingerprint density at radius 1 is 1.00 bits per heavy atom. The summed E-state index contributed by atoms with van der Waals surface area (Å²) in [6, 6.07) is 5.12. The summed E-state index contributed by atoms with van der Waals surface area (Å²) in [6.45, 7) is 3.37. The predicted molar refractivity (Wildman–Crippen MR) is 82.2 cm³/mol. The lowest BCUT2D eigenvalue weighted by Crippen LogP contribution is -2.37. The van der Waals surface area contributed by atoms with Crippen LogP contribution in [0.15, 0.2) is 47.6 Å². The number of rotatable bonds is 3. The van der Waals surface area contributed by atoms with Crippen LogP contribution >= 0.6 is 0 Å². The summed E-state index contributed by atoms with van der Waals surface area (Å²) in [6.07, 6.45) is -0.304. The van der Waals surface area contributed by atoms with Crippen LogP contribution in [0, 0.1) is 0 Å². The molecule has 1 aromatic rings. The van der Waals surface area contributed by atoms with Crippen molar-refractivity contribution in [3.63, 3.8) is 0 Å². The number of aromatic nitrogens is 1. The lowest BCUT2D eigenvalue weighted by Gasteiger charge is -2.32. The number of hydrogen-bond acceptors (Lipinski definition) is 9. The van der Waals surface area contributed by atoms with Crippen LogP contribution in [0.2, 0.25) is 0 Å². The number of carbonyl (C=O) groups is 2. The number of methoxy groups -OCH3 is 2. The van der Waals surface area contributed by atoms with Crippen LogP contribution in [-0.2, 0) is 18.9 Å². The van der Waals surface area contributed by atoms with Gasteiger partial charge in [-0.1, -0.05) is 6.07 Å². The van der Waals surface area contributed by atoms with Gasteiger partial charge >= 0.3 is 12.3 Å². The van der Waals surface area contributed by atoms with Gasteiger partial charge in [0.25, 0.3) is 0 Å². The Hall–Kier alpha value is -3.23. The number of ether oxygens (including phenoxy) is 4. The van der Waals surface area contributed by atoms with Crippen molar-refractivity contribution in [2.75, 3.05) is 19.1 Å². The van der Waals surface area contributed by atoms with Gasteiger partial charge in [-0.2, -0.15) is 0 Å². The van der Waals surface area contributed by atoms with Crippen molar-refractivity contribution in [3.05, 3.63) is 47.6 Å². The fourth-order valence-electron chi connectivity index (χ4n) is 2.00. The van der Waals surface area contributed by atoms with E-state index in [2.05, 4.69) is 19.8 Å². The Balaban J connectivity index is 2.50. The van der Waals surface area contributed by atoms with E-state index < -0.39 is 12.3 Å². The summed E-state index contributed by atoms with van der Waals surface area (Å²) in [5, 5.41) is 2.96. The van der Waals surface area contributed by atoms with E-state index in [4.69, 9.17) is 9.47 Å². The summed E-state index contributed by atoms with van der Waals surface area (Å²) in [7, 11) is 2.37. The zero-order valence-electron chi connectivity index (χ0n) is 13.7. The van der Waals surface area contributed by atoms with Crippen molar-refractivity contribution in [3.8, 4) is 0 Å². The van der Waals surface area contributed by atoms with Gasteiger partial charge in [-0.25, -0.2) is 19.5 Å². The molecule has 0 aromatic carbocycles. The van der Waals surface area contributed by atoms with Gasteiger partial charge in [0.2, 0.25) is 11.8 Å². The highest BCUT2D eigenvalue weighted by Crippen LogP contribution is 2.30. The lowest BCUT2D eigenvalue weighted by molar-refractivity contribution is 0.0831. The minimum absolute atomic E-state index is 0.0602. The van der Waals surface area contributed by atoms with Crippen molar-refractivity contribution in [1.29, 1.82) is 0 Å². The normalized spacial score (nSPS) is 14.1. The van der Waals surface area contributed by atoms with Gasteiger partial charge in [0.05, 0.1) is 25.6 Å². The standard InChI is InChI=1S/C15H17N3O6/c1-9-12(23-14(19)21-3)18(11-7-5-6-8-16-11)13(10(2)17-9)24-15(20)22-4/h5-8,17H,1-4H3. The molecular formula is C15H17N3O6. The largest absolute Gasteiger partial charge is 0.514 e. The van der Waals surface area contributed by atoms with Gasteiger partial charge in [0, 0.05) is 6.20 Å². The van der Waals surface area contributed by atoms with Crippen LogP contribution in [0.4, 0.5) is 15.4 Å². The topological polar surface area (TPSA) is 99.2 Å². The quantitative estimate of drug-likeness (QED) is 0.835. The molecule has 24 heavy (non-hydrogen) atoms. The maximum Gasteiger partial charge on any atom is 0.514 e. The molecule has 1 N–H and O–H groups in total. The molecule has 1 aromatic heterocycles. The molecule has 1 aliphatic heterocycles. The zero-order chi connectivity index (χ0) is 17.7. The molecule has 9 nitrogen and oxygen atoms in total. The monoisotopic (exact) mass is 335 g/mol. The van der Waals surface area contributed by atoms with Gasteiger partial charge in [-0.3, -0.25) is 0 Å². The summed E-state index contributed by atoms with van der Waals surface area (Å²) in [5.41, 5.74) is 1.00. The predicted octanol–water partition coefficient (Wildman–Crippen LogP) is 2.44. The van der Waals surface area contributed by atoms with Crippen LogP contribution in [0.3, 0.4) is 0 Å². The van der Waals surface area contributed by atoms with E-state index in [0.29, 0.717) is 17.2 Å². The van der Waals surface area contributed by atoms with Gasteiger partial charge < -0.3 is 24.3 Å². The Morgan fingerprint density at radius 2 is 1.54 bits per heavy atom. The second kappa shape index (κ2) is 7.36. The van der Waals surface area contributed by atoms with E-state index in [-0.39, 0.29) is 11.8 Å². The average molecular weight is 335 g/mol. The van der Waals surface area contributed by atoms with Crippen molar-refractivity contribution < 1.29 is 28.5 Å². The third-order valence-electron chi connectivity index (χ3n) is 2.99. The van der Waals surface area contributed by atoms with Crippen LogP contribution in [-0.4, -0.2) is 31.5 Å². The Morgan fingerprint density at radius 3 is 1.96 bits per heavy atom. The summed E-state index contributed by atoms with van der Waals surface area (Å²) < 4.78 is 19.4. The summed E-state index contributed by atoms with van der Waals surface area (Å²) in [4.78, 5) is 28.7. The van der Waals surface area contributed by atoms with Crippen LogP contribution < -0.4 is 10.2 Å². The molecule has 2 heterocycles. The molecule has 0 unspecified atom stereocenters. The molecule has 0 radical (unpaired) electrons. The van der Waals surface area contributed by atoms with Gasteiger partial charge in [-0.05, 0) is 26.0 Å². The molecule has 0 spiro atoms. The van der Waals surface area contributed by atoms with Crippen molar-refractivity contribution in [2.45, 2.75) is 13.8 Å². The molecule has 128 valence electrons. The van der Waals surface area contributed by atoms with Crippen LogP contribution in [0.1, 0.15) is 13.8 Å². The number of carbonyl (C=O) groups excluding carboxylic acids is 2. The smallest absolute Gasteiger partial charge is 0.437 e. The number of hydrogen-bond donors (Lipinski definition) is 1. The van der Waals surface area contributed by atoms with Crippen LogP contribution in [0.5, 0.6) is 0 Å². The molecule has 0 saturated heterocycles. The Labute approximate surface area is 138 Å². The van der Waals surface area contributed by atoms with Crippen molar-refractivity contribution >= 4 is 18.1 Å². The first kappa shape index (κ1) is 17.1. The number of nitrogens with one attached hydrogen (secondary N) is 1. The van der Waals surface area contributed by atoms with Gasteiger partial charge in [-0.15, -0.1) is 0 Å². The minimum atomic E-state index is -0.927. The molecular weight excluding hydrogens is 318 g/mol. The maximum atomic E-state index is 11.6. The lowest BCUT2D eigenvalue weighted by atomic mass is 10.3. The van der Waals surface area contributed by atoms with Crippen LogP contribution in [0.25, 0.3) is 0 Å². The molecule has 0 atom stereocenters. The zero-order valence-corrected chi connectivity index (χ0v) is 13.7. The number of nitrogens with zero attached hydrogens (tertiary/aromatic N) is 2. The Bertz CT molecular complexity index is 658. The fraction of sp³-hybridized carbons (Fsp3) is 0.267. The summed E-state index contributed by atoms with van der Waals surface area (Å²) in [5.74, 6) is 0.491. The van der Waals surface area contributed by atoms with Crippen molar-refractivity contribution in [2.24, 2.45) is 0 Å². The van der Waals surface area contributed by atoms with E-state index >= 15 is 0 Å². The second-order valence-electron chi connectivity index (χ2n) is 4.62. The number of allylic oxidation sites excluding steroid dienone is 2. The third kappa shape index (κ3) is 3.57. The average Bonchev–Trinajstić information content (AvgIpc) is 2.59. The highest BCUT2D eigenvalue weighted by molar-refractivity contribution is 5.67. The first-order valence-electron chi connectivity index (χ1n) is 6.89. The molecule has 1 aliphatic rings. The van der Waals surface area contributed by atoms with Gasteiger partial charge in [0.15, 0.2) is 0 Å². The second-order valence-corrected chi connectivity index (χ2v) is 4.62. The first-order valence-corrected chi connectivity index (χ1v) is 6.89. The molecule has 2 rings (SSSR count). The minimum Gasteiger partial charge on any atom is -0.437 e. The van der Waals surface area contributed by atoms with E-state index in [1.165, 1.54) is 19.1 Å². The summed E-state index contributed by atoms with van der Waals surface area (Å²) >= 11 is 0. The molecule has 0 aliphatic carbocycles. The molecule has 0 amide bonds. The first-order chi connectivity index (χ1) is 11.5. The van der Waals surface area contributed by atoms with Crippen molar-refractivity contribution in [1.82, 2.24) is 10.3 Å². The molecule has 9 heteroatoms. The van der Waals surface area contributed by atoms with E-state index in [0.717, 1.165) is 0 Å². The SMILES string of the molecule is COC(=O)OC1=C(C)NC(C)=C(OC(=O)OC)N1c1ccccn1. The molecule has 0 bridgehead atoms. The third-order valence-corrected chi connectivity index (χ3v) is 2.99. The van der Waals surface area contributed by atoms with E-state index in [1.54, 1.807) is 38.2 Å². The highest BCUT2D eigenvalue weighted by Gasteiger charge is 2.33. The molecule has 0 fully saturated rings. The molecule has 0 saturated carbocycles. The highest BCUT2D eigenvalue weighted by atomic mass is 16.7. The fourth-order valence-corrected chi connectivity index (χ4v) is 2.00. The maximum absolute atomic E-state index is 11.6. The van der Waals surface area contributed by atoms with Gasteiger partial charge in [0.1, 0.15) is 5.82 Å². The Kier molecular flexibility index (Phi) is 5.25. The van der Waals surface area contributed by atoms with E-state index in [9.17, 15) is 9.59 Å². The number of anilines is 1. The number of pyridine rings is 1.